The highest BCUT2D eigenvalue weighted by atomic mass is 16.3. The van der Waals surface area contributed by atoms with Gasteiger partial charge in [0.2, 0.25) is 0 Å². The van der Waals surface area contributed by atoms with E-state index in [1.807, 2.05) is 6.92 Å². The largest absolute Gasteiger partial charge is 0.391 e. The summed E-state index contributed by atoms with van der Waals surface area (Å²) in [6, 6.07) is 0. The van der Waals surface area contributed by atoms with Crippen molar-refractivity contribution >= 4 is 0 Å². The van der Waals surface area contributed by atoms with Crippen LogP contribution < -0.4 is 0 Å². The van der Waals surface area contributed by atoms with E-state index >= 15 is 0 Å². The molecule has 0 spiro atoms. The highest BCUT2D eigenvalue weighted by Gasteiger charge is 2.34. The molecule has 1 heterocycles. The average molecular weight is 225 g/mol. The Labute approximate surface area is 100 Å². The highest BCUT2D eigenvalue weighted by Crippen LogP contribution is 2.26. The predicted octanol–water partition coefficient (Wildman–Crippen LogP) is 2.97. The molecule has 0 aromatic carbocycles. The van der Waals surface area contributed by atoms with Crippen LogP contribution in [0.3, 0.4) is 0 Å². The monoisotopic (exact) mass is 225 g/mol. The first-order valence-corrected chi connectivity index (χ1v) is 6.52. The molecule has 1 N–H and O–H groups in total. The summed E-state index contributed by atoms with van der Waals surface area (Å²) >= 11 is 0. The van der Waals surface area contributed by atoms with Gasteiger partial charge in [-0.15, -0.1) is 6.58 Å². The summed E-state index contributed by atoms with van der Waals surface area (Å²) in [4.78, 5) is 2.45. The zero-order chi connectivity index (χ0) is 12.2. The highest BCUT2D eigenvalue weighted by molar-refractivity contribution is 4.99. The van der Waals surface area contributed by atoms with Gasteiger partial charge in [0.15, 0.2) is 0 Å². The molecule has 1 aliphatic heterocycles. The maximum Gasteiger partial charge on any atom is 0.0755 e. The normalized spacial score (nSPS) is 21.5. The van der Waals surface area contributed by atoms with Crippen molar-refractivity contribution < 1.29 is 5.11 Å². The third-order valence-corrected chi connectivity index (χ3v) is 3.78. The molecule has 1 unspecified atom stereocenters. The third-order valence-electron chi connectivity index (χ3n) is 3.78. The Morgan fingerprint density at radius 1 is 1.25 bits per heavy atom. The van der Waals surface area contributed by atoms with Gasteiger partial charge in [0, 0.05) is 5.54 Å². The summed E-state index contributed by atoms with van der Waals surface area (Å²) in [6.07, 6.45) is 5.62. The lowest BCUT2D eigenvalue weighted by Crippen LogP contribution is -2.52. The van der Waals surface area contributed by atoms with E-state index < -0.39 is 0 Å². The van der Waals surface area contributed by atoms with Crippen molar-refractivity contribution in [2.75, 3.05) is 13.1 Å². The van der Waals surface area contributed by atoms with E-state index in [1.165, 1.54) is 25.7 Å². The maximum absolute atomic E-state index is 10.3. The molecule has 1 fully saturated rings. The number of aliphatic hydroxyl groups excluding tert-OH is 1. The molecule has 0 aromatic heterocycles. The average Bonchev–Trinajstić information content (AvgIpc) is 2.44. The quantitative estimate of drug-likeness (QED) is 0.744. The van der Waals surface area contributed by atoms with E-state index in [4.69, 9.17) is 0 Å². The Hall–Kier alpha value is -0.340. The second-order valence-electron chi connectivity index (χ2n) is 5.73. The summed E-state index contributed by atoms with van der Waals surface area (Å²) in [6.45, 7) is 12.4. The standard InChI is InChI=1S/C14H27NO/c1-12(2)11-13(16)14(3,4)15-9-7-5-6-8-10-15/h13,16H,1,5-11H2,2-4H3. The smallest absolute Gasteiger partial charge is 0.0755 e. The molecule has 2 heteroatoms. The molecule has 1 saturated heterocycles. The van der Waals surface area contributed by atoms with Crippen LogP contribution in [-0.4, -0.2) is 34.7 Å². The molecule has 0 aliphatic carbocycles. The van der Waals surface area contributed by atoms with Crippen LogP contribution in [0.4, 0.5) is 0 Å². The van der Waals surface area contributed by atoms with E-state index in [0.717, 1.165) is 18.7 Å². The van der Waals surface area contributed by atoms with Crippen LogP contribution in [-0.2, 0) is 0 Å². The molecule has 0 amide bonds. The van der Waals surface area contributed by atoms with Gasteiger partial charge in [0.05, 0.1) is 6.10 Å². The third kappa shape index (κ3) is 3.60. The van der Waals surface area contributed by atoms with Crippen molar-refractivity contribution in [2.45, 2.75) is 64.5 Å². The Balaban J connectivity index is 2.62. The van der Waals surface area contributed by atoms with Gasteiger partial charge in [0.1, 0.15) is 0 Å². The van der Waals surface area contributed by atoms with Crippen LogP contribution in [0.25, 0.3) is 0 Å². The van der Waals surface area contributed by atoms with E-state index in [2.05, 4.69) is 25.3 Å². The Morgan fingerprint density at radius 3 is 2.19 bits per heavy atom. The van der Waals surface area contributed by atoms with Crippen molar-refractivity contribution in [3.8, 4) is 0 Å². The minimum atomic E-state index is -0.303. The van der Waals surface area contributed by atoms with Crippen molar-refractivity contribution in [3.63, 3.8) is 0 Å². The zero-order valence-corrected chi connectivity index (χ0v) is 11.1. The first-order chi connectivity index (χ1) is 7.44. The first kappa shape index (κ1) is 13.7. The van der Waals surface area contributed by atoms with Crippen LogP contribution in [0.1, 0.15) is 52.9 Å². The molecule has 0 aromatic rings. The van der Waals surface area contributed by atoms with E-state index in [0.29, 0.717) is 6.42 Å². The number of hydrogen-bond acceptors (Lipinski definition) is 2. The topological polar surface area (TPSA) is 23.5 Å². The second kappa shape index (κ2) is 5.83. The minimum absolute atomic E-state index is 0.122. The van der Waals surface area contributed by atoms with Crippen molar-refractivity contribution in [1.82, 2.24) is 4.90 Å². The molecule has 1 aliphatic rings. The Kier molecular flexibility index (Phi) is 5.00. The van der Waals surface area contributed by atoms with Gasteiger partial charge in [-0.2, -0.15) is 0 Å². The minimum Gasteiger partial charge on any atom is -0.391 e. The molecular formula is C14H27NO. The lowest BCUT2D eigenvalue weighted by atomic mass is 9.90. The Morgan fingerprint density at radius 2 is 1.75 bits per heavy atom. The van der Waals surface area contributed by atoms with Crippen LogP contribution in [0.5, 0.6) is 0 Å². The molecule has 16 heavy (non-hydrogen) atoms. The van der Waals surface area contributed by atoms with Gasteiger partial charge in [-0.1, -0.05) is 18.4 Å². The molecule has 1 atom stereocenters. The number of aliphatic hydroxyl groups is 1. The number of likely N-dealkylation sites (tertiary alicyclic amines) is 1. The van der Waals surface area contributed by atoms with Crippen molar-refractivity contribution in [2.24, 2.45) is 0 Å². The molecule has 0 bridgehead atoms. The van der Waals surface area contributed by atoms with Crippen LogP contribution >= 0.6 is 0 Å². The predicted molar refractivity (Wildman–Crippen MR) is 69.6 cm³/mol. The number of hydrogen-bond donors (Lipinski definition) is 1. The van der Waals surface area contributed by atoms with Gasteiger partial charge in [-0.05, 0) is 53.1 Å². The fraction of sp³-hybridized carbons (Fsp3) is 0.857. The molecule has 1 rings (SSSR count). The first-order valence-electron chi connectivity index (χ1n) is 6.52. The fourth-order valence-electron chi connectivity index (χ4n) is 2.44. The van der Waals surface area contributed by atoms with Crippen LogP contribution in [0.15, 0.2) is 12.2 Å². The number of nitrogens with zero attached hydrogens (tertiary/aromatic N) is 1. The van der Waals surface area contributed by atoms with Gasteiger partial charge >= 0.3 is 0 Å². The van der Waals surface area contributed by atoms with Gasteiger partial charge in [-0.3, -0.25) is 4.90 Å². The number of rotatable bonds is 4. The Bertz CT molecular complexity index is 227. The summed E-state index contributed by atoms with van der Waals surface area (Å²) in [5.41, 5.74) is 0.943. The van der Waals surface area contributed by atoms with Gasteiger partial charge in [0.25, 0.3) is 0 Å². The van der Waals surface area contributed by atoms with Crippen LogP contribution in [0.2, 0.25) is 0 Å². The summed E-state index contributed by atoms with van der Waals surface area (Å²) < 4.78 is 0. The fourth-order valence-corrected chi connectivity index (χ4v) is 2.44. The lowest BCUT2D eigenvalue weighted by molar-refractivity contribution is -0.00775. The van der Waals surface area contributed by atoms with Crippen LogP contribution in [0, 0.1) is 0 Å². The molecule has 94 valence electrons. The summed E-state index contributed by atoms with van der Waals surface area (Å²) in [5.74, 6) is 0. The summed E-state index contributed by atoms with van der Waals surface area (Å²) in [5, 5.41) is 10.3. The summed E-state index contributed by atoms with van der Waals surface area (Å²) in [7, 11) is 0. The van der Waals surface area contributed by atoms with Crippen molar-refractivity contribution in [1.29, 1.82) is 0 Å². The van der Waals surface area contributed by atoms with Gasteiger partial charge < -0.3 is 5.11 Å². The zero-order valence-electron chi connectivity index (χ0n) is 11.1. The van der Waals surface area contributed by atoms with E-state index in [1.54, 1.807) is 0 Å². The maximum atomic E-state index is 10.3. The molecule has 0 saturated carbocycles. The molecule has 0 radical (unpaired) electrons. The van der Waals surface area contributed by atoms with E-state index in [9.17, 15) is 5.11 Å². The molecular weight excluding hydrogens is 198 g/mol. The SMILES string of the molecule is C=C(C)CC(O)C(C)(C)N1CCCCCC1. The van der Waals surface area contributed by atoms with E-state index in [-0.39, 0.29) is 11.6 Å². The van der Waals surface area contributed by atoms with Gasteiger partial charge in [-0.25, -0.2) is 0 Å². The lowest BCUT2D eigenvalue weighted by Gasteiger charge is -2.41. The second-order valence-corrected chi connectivity index (χ2v) is 5.73. The molecule has 2 nitrogen and oxygen atoms in total. The van der Waals surface area contributed by atoms with Crippen molar-refractivity contribution in [3.05, 3.63) is 12.2 Å².